The average molecular weight is 398 g/mol. The van der Waals surface area contributed by atoms with Crippen LogP contribution >= 0.6 is 0 Å². The third kappa shape index (κ3) is 6.30. The maximum atomic E-state index is 12.4. The summed E-state index contributed by atoms with van der Waals surface area (Å²) in [7, 11) is 0. The number of rotatable bonds is 8. The Morgan fingerprint density at radius 3 is 2.10 bits per heavy atom. The lowest BCUT2D eigenvalue weighted by molar-refractivity contribution is -0.137. The minimum absolute atomic E-state index is 0.0448. The minimum atomic E-state index is -0.809. The van der Waals surface area contributed by atoms with Gasteiger partial charge in [-0.25, -0.2) is 0 Å². The summed E-state index contributed by atoms with van der Waals surface area (Å²) in [4.78, 5) is 24.8. The van der Waals surface area contributed by atoms with Crippen LogP contribution in [0.2, 0.25) is 0 Å². The summed E-state index contributed by atoms with van der Waals surface area (Å²) >= 11 is 0. The van der Waals surface area contributed by atoms with Crippen molar-refractivity contribution in [2.75, 3.05) is 26.3 Å². The number of carboxylic acid groups (broad SMARTS) is 1. The van der Waals surface area contributed by atoms with Crippen LogP contribution in [0.15, 0.2) is 48.5 Å². The van der Waals surface area contributed by atoms with E-state index < -0.39 is 12.0 Å². The number of hydrogen-bond acceptors (Lipinski definition) is 5. The molecule has 0 aliphatic carbocycles. The van der Waals surface area contributed by atoms with E-state index in [-0.39, 0.29) is 12.3 Å². The summed E-state index contributed by atoms with van der Waals surface area (Å²) in [6.45, 7) is 2.30. The molecule has 7 heteroatoms. The van der Waals surface area contributed by atoms with Gasteiger partial charge < -0.3 is 25.2 Å². The molecule has 1 aliphatic rings. The third-order valence-corrected chi connectivity index (χ3v) is 4.81. The fourth-order valence-electron chi connectivity index (χ4n) is 3.16. The van der Waals surface area contributed by atoms with Gasteiger partial charge in [-0.1, -0.05) is 24.3 Å². The molecule has 0 saturated carbocycles. The molecule has 2 aromatic carbocycles. The first-order chi connectivity index (χ1) is 14.0. The van der Waals surface area contributed by atoms with Crippen molar-refractivity contribution in [2.24, 2.45) is 5.73 Å². The summed E-state index contributed by atoms with van der Waals surface area (Å²) in [6, 6.07) is 14.3. The van der Waals surface area contributed by atoms with Gasteiger partial charge in [0.25, 0.3) is 0 Å². The molecule has 1 amide bonds. The summed E-state index contributed by atoms with van der Waals surface area (Å²) < 4.78 is 11.1. The Labute approximate surface area is 170 Å². The predicted octanol–water partition coefficient (Wildman–Crippen LogP) is 2.22. The van der Waals surface area contributed by atoms with Crippen LogP contribution in [0.1, 0.15) is 17.5 Å². The number of hydrogen-bond donors (Lipinski definition) is 2. The number of nitrogens with two attached hydrogens (primary N) is 1. The predicted molar refractivity (Wildman–Crippen MR) is 108 cm³/mol. The molecule has 1 saturated heterocycles. The van der Waals surface area contributed by atoms with Crippen LogP contribution in [0.5, 0.6) is 11.5 Å². The van der Waals surface area contributed by atoms with Crippen LogP contribution in [-0.4, -0.2) is 54.2 Å². The summed E-state index contributed by atoms with van der Waals surface area (Å²) in [5.74, 6) is 0.504. The topological polar surface area (TPSA) is 102 Å². The van der Waals surface area contributed by atoms with Crippen molar-refractivity contribution < 1.29 is 24.2 Å². The van der Waals surface area contributed by atoms with Crippen LogP contribution < -0.4 is 10.5 Å². The number of aliphatic carboxylic acids is 1. The number of morpholine rings is 1. The SMILES string of the molecule is NC(Cc1ccc(Oc2ccc(CCC(=O)O)cc2)cc1)C(=O)N1CCOCC1. The van der Waals surface area contributed by atoms with E-state index in [9.17, 15) is 9.59 Å². The fraction of sp³-hybridized carbons (Fsp3) is 0.364. The van der Waals surface area contributed by atoms with Gasteiger partial charge in [0.15, 0.2) is 0 Å². The van der Waals surface area contributed by atoms with E-state index in [1.807, 2.05) is 48.5 Å². The quantitative estimate of drug-likeness (QED) is 0.707. The largest absolute Gasteiger partial charge is 0.481 e. The Hall–Kier alpha value is -2.90. The summed E-state index contributed by atoms with van der Waals surface area (Å²) in [5.41, 5.74) is 8.02. The monoisotopic (exact) mass is 398 g/mol. The number of benzene rings is 2. The second kappa shape index (κ2) is 10.0. The number of carbonyl (C=O) groups is 2. The van der Waals surface area contributed by atoms with E-state index >= 15 is 0 Å². The highest BCUT2D eigenvalue weighted by molar-refractivity contribution is 5.82. The number of ether oxygens (including phenoxy) is 2. The molecule has 7 nitrogen and oxygen atoms in total. The van der Waals surface area contributed by atoms with Gasteiger partial charge in [0, 0.05) is 19.5 Å². The number of aryl methyl sites for hydroxylation is 1. The molecule has 0 spiro atoms. The zero-order chi connectivity index (χ0) is 20.6. The van der Waals surface area contributed by atoms with Gasteiger partial charge in [-0.2, -0.15) is 0 Å². The van der Waals surface area contributed by atoms with Gasteiger partial charge in [-0.15, -0.1) is 0 Å². The molecule has 29 heavy (non-hydrogen) atoms. The van der Waals surface area contributed by atoms with Crippen LogP contribution in [0, 0.1) is 0 Å². The van der Waals surface area contributed by atoms with Crippen LogP contribution in [0.4, 0.5) is 0 Å². The molecular weight excluding hydrogens is 372 g/mol. The van der Waals surface area contributed by atoms with E-state index in [2.05, 4.69) is 0 Å². The number of nitrogens with zero attached hydrogens (tertiary/aromatic N) is 1. The molecule has 3 N–H and O–H groups in total. The minimum Gasteiger partial charge on any atom is -0.481 e. The van der Waals surface area contributed by atoms with Gasteiger partial charge in [-0.05, 0) is 48.2 Å². The lowest BCUT2D eigenvalue weighted by atomic mass is 10.1. The van der Waals surface area contributed by atoms with Crippen molar-refractivity contribution >= 4 is 11.9 Å². The van der Waals surface area contributed by atoms with E-state index in [4.69, 9.17) is 20.3 Å². The highest BCUT2D eigenvalue weighted by Crippen LogP contribution is 2.23. The van der Waals surface area contributed by atoms with E-state index in [1.165, 1.54) is 0 Å². The number of carboxylic acids is 1. The molecular formula is C22H26N2O5. The lowest BCUT2D eigenvalue weighted by Gasteiger charge is -2.29. The Kier molecular flexibility index (Phi) is 7.21. The Morgan fingerprint density at radius 2 is 1.55 bits per heavy atom. The van der Waals surface area contributed by atoms with E-state index in [0.717, 1.165) is 11.1 Å². The van der Waals surface area contributed by atoms with Crippen molar-refractivity contribution in [3.8, 4) is 11.5 Å². The molecule has 1 heterocycles. The van der Waals surface area contributed by atoms with Gasteiger partial charge in [0.05, 0.1) is 19.3 Å². The van der Waals surface area contributed by atoms with Crippen LogP contribution in [0.3, 0.4) is 0 Å². The van der Waals surface area contributed by atoms with Gasteiger partial charge >= 0.3 is 5.97 Å². The lowest BCUT2D eigenvalue weighted by Crippen LogP contribution is -2.49. The van der Waals surface area contributed by atoms with Crippen molar-refractivity contribution in [1.82, 2.24) is 4.90 Å². The van der Waals surface area contributed by atoms with E-state index in [0.29, 0.717) is 50.6 Å². The van der Waals surface area contributed by atoms with Crippen LogP contribution in [0.25, 0.3) is 0 Å². The Morgan fingerprint density at radius 1 is 1.00 bits per heavy atom. The summed E-state index contributed by atoms with van der Waals surface area (Å²) in [5, 5.41) is 8.74. The number of amides is 1. The van der Waals surface area contributed by atoms with Gasteiger partial charge in [0.1, 0.15) is 11.5 Å². The zero-order valence-electron chi connectivity index (χ0n) is 16.3. The molecule has 0 bridgehead atoms. The maximum absolute atomic E-state index is 12.4. The second-order valence-electron chi connectivity index (χ2n) is 7.03. The standard InChI is InChI=1S/C22H26N2O5/c23-20(22(27)24-11-13-28-14-12-24)15-17-3-8-19(9-4-17)29-18-6-1-16(2-7-18)5-10-21(25)26/h1-4,6-9,20H,5,10-15,23H2,(H,25,26). The molecule has 1 atom stereocenters. The number of carbonyl (C=O) groups excluding carboxylic acids is 1. The normalized spacial score (nSPS) is 15.0. The van der Waals surface area contributed by atoms with Crippen LogP contribution in [-0.2, 0) is 27.2 Å². The first-order valence-electron chi connectivity index (χ1n) is 9.71. The van der Waals surface area contributed by atoms with Crippen molar-refractivity contribution in [3.63, 3.8) is 0 Å². The average Bonchev–Trinajstić information content (AvgIpc) is 2.74. The summed E-state index contributed by atoms with van der Waals surface area (Å²) in [6.07, 6.45) is 1.07. The zero-order valence-corrected chi connectivity index (χ0v) is 16.3. The fourth-order valence-corrected chi connectivity index (χ4v) is 3.16. The highest BCUT2D eigenvalue weighted by atomic mass is 16.5. The molecule has 0 radical (unpaired) electrons. The van der Waals surface area contributed by atoms with Crippen molar-refractivity contribution in [3.05, 3.63) is 59.7 Å². The Bertz CT molecular complexity index is 814. The molecule has 0 aromatic heterocycles. The van der Waals surface area contributed by atoms with Crippen molar-refractivity contribution in [2.45, 2.75) is 25.3 Å². The smallest absolute Gasteiger partial charge is 0.303 e. The first kappa shape index (κ1) is 20.8. The van der Waals surface area contributed by atoms with Crippen molar-refractivity contribution in [1.29, 1.82) is 0 Å². The van der Waals surface area contributed by atoms with Gasteiger partial charge in [0.2, 0.25) is 5.91 Å². The molecule has 1 aliphatic heterocycles. The highest BCUT2D eigenvalue weighted by Gasteiger charge is 2.22. The first-order valence-corrected chi connectivity index (χ1v) is 9.71. The molecule has 2 aromatic rings. The maximum Gasteiger partial charge on any atom is 0.303 e. The molecule has 3 rings (SSSR count). The van der Waals surface area contributed by atoms with E-state index in [1.54, 1.807) is 4.90 Å². The second-order valence-corrected chi connectivity index (χ2v) is 7.03. The molecule has 154 valence electrons. The van der Waals surface area contributed by atoms with Gasteiger partial charge in [-0.3, -0.25) is 9.59 Å². The third-order valence-electron chi connectivity index (χ3n) is 4.81. The molecule has 1 fully saturated rings. The molecule has 1 unspecified atom stereocenters. The Balaban J connectivity index is 1.51.